The van der Waals surface area contributed by atoms with Crippen molar-refractivity contribution in [3.05, 3.63) is 69.1 Å². The zero-order chi connectivity index (χ0) is 23.9. The van der Waals surface area contributed by atoms with Gasteiger partial charge in [-0.05, 0) is 43.7 Å². The number of rotatable bonds is 3. The number of carbonyl (C=O) groups is 1. The first-order valence-corrected chi connectivity index (χ1v) is 10.8. The first-order chi connectivity index (χ1) is 15.6. The predicted molar refractivity (Wildman–Crippen MR) is 121 cm³/mol. The van der Waals surface area contributed by atoms with E-state index < -0.39 is 29.4 Å². The largest absolute Gasteiger partial charge is 0.438 e. The number of aryl methyl sites for hydroxylation is 1. The lowest BCUT2D eigenvalue weighted by Gasteiger charge is -2.38. The Hall–Kier alpha value is -3.07. The second kappa shape index (κ2) is 8.70. The van der Waals surface area contributed by atoms with Crippen LogP contribution in [0, 0.1) is 6.92 Å². The van der Waals surface area contributed by atoms with Crippen LogP contribution < -0.4 is 10.5 Å². The molecule has 0 bridgehead atoms. The quantitative estimate of drug-likeness (QED) is 0.563. The zero-order valence-corrected chi connectivity index (χ0v) is 18.8. The average molecular weight is 479 g/mol. The molecular formula is C23H22ClF3N4O2. The summed E-state index contributed by atoms with van der Waals surface area (Å²) in [7, 11) is 0. The van der Waals surface area contributed by atoms with Gasteiger partial charge in [0.25, 0.3) is 5.56 Å². The van der Waals surface area contributed by atoms with E-state index in [0.717, 1.165) is 15.8 Å². The summed E-state index contributed by atoms with van der Waals surface area (Å²) in [4.78, 5) is 33.2. The second-order valence-electron chi connectivity index (χ2n) is 8.04. The van der Waals surface area contributed by atoms with Gasteiger partial charge in [-0.25, -0.2) is 4.98 Å². The summed E-state index contributed by atoms with van der Waals surface area (Å²) in [5, 5.41) is 0.618. The van der Waals surface area contributed by atoms with Gasteiger partial charge in [-0.15, -0.1) is 0 Å². The molecule has 0 aliphatic carbocycles. The monoisotopic (exact) mass is 478 g/mol. The van der Waals surface area contributed by atoms with Crippen LogP contribution in [0.25, 0.3) is 11.0 Å². The SMILES string of the molecule is Cc1ccc(Cl)cc1N1CCN(C(=O)[C@@H](C)n2c(=O)c(C(F)(F)F)nc3ccccc32)CC1. The highest BCUT2D eigenvalue weighted by Gasteiger charge is 2.39. The Kier molecular flexibility index (Phi) is 6.09. The highest BCUT2D eigenvalue weighted by molar-refractivity contribution is 6.30. The first-order valence-electron chi connectivity index (χ1n) is 10.5. The van der Waals surface area contributed by atoms with Crippen molar-refractivity contribution in [1.29, 1.82) is 0 Å². The van der Waals surface area contributed by atoms with Gasteiger partial charge in [0, 0.05) is 36.9 Å². The molecule has 1 fully saturated rings. The van der Waals surface area contributed by atoms with Crippen LogP contribution in [-0.2, 0) is 11.0 Å². The Morgan fingerprint density at radius 2 is 1.76 bits per heavy atom. The molecule has 0 saturated carbocycles. The summed E-state index contributed by atoms with van der Waals surface area (Å²) < 4.78 is 41.3. The minimum Gasteiger partial charge on any atom is -0.368 e. The molecule has 3 aromatic rings. The first kappa shape index (κ1) is 23.1. The van der Waals surface area contributed by atoms with Gasteiger partial charge in [0.1, 0.15) is 6.04 Å². The molecule has 1 aliphatic heterocycles. The molecule has 0 unspecified atom stereocenters. The van der Waals surface area contributed by atoms with Crippen LogP contribution >= 0.6 is 11.6 Å². The van der Waals surface area contributed by atoms with Crippen molar-refractivity contribution in [2.24, 2.45) is 0 Å². The minimum absolute atomic E-state index is 0.00493. The van der Waals surface area contributed by atoms with Crippen molar-refractivity contribution in [3.8, 4) is 0 Å². The van der Waals surface area contributed by atoms with Crippen LogP contribution in [0.3, 0.4) is 0 Å². The maximum absolute atomic E-state index is 13.5. The molecule has 1 aliphatic rings. The van der Waals surface area contributed by atoms with Crippen LogP contribution in [-0.4, -0.2) is 46.5 Å². The molecule has 6 nitrogen and oxygen atoms in total. The van der Waals surface area contributed by atoms with Crippen molar-refractivity contribution in [2.75, 3.05) is 31.1 Å². The third-order valence-electron chi connectivity index (χ3n) is 5.91. The summed E-state index contributed by atoms with van der Waals surface area (Å²) in [6.07, 6.45) is -4.92. The fourth-order valence-electron chi connectivity index (χ4n) is 4.19. The van der Waals surface area contributed by atoms with Crippen molar-refractivity contribution < 1.29 is 18.0 Å². The highest BCUT2D eigenvalue weighted by atomic mass is 35.5. The van der Waals surface area contributed by atoms with Gasteiger partial charge in [-0.2, -0.15) is 13.2 Å². The van der Waals surface area contributed by atoms with Crippen molar-refractivity contribution in [2.45, 2.75) is 26.1 Å². The van der Waals surface area contributed by atoms with Crippen molar-refractivity contribution in [3.63, 3.8) is 0 Å². The van der Waals surface area contributed by atoms with E-state index in [1.165, 1.54) is 25.1 Å². The molecule has 174 valence electrons. The smallest absolute Gasteiger partial charge is 0.368 e. The number of piperazine rings is 1. The van der Waals surface area contributed by atoms with Gasteiger partial charge in [-0.1, -0.05) is 29.8 Å². The van der Waals surface area contributed by atoms with E-state index in [0.29, 0.717) is 31.2 Å². The molecule has 1 saturated heterocycles. The zero-order valence-electron chi connectivity index (χ0n) is 18.1. The molecule has 0 N–H and O–H groups in total. The van der Waals surface area contributed by atoms with Gasteiger partial charge in [0.15, 0.2) is 0 Å². The second-order valence-corrected chi connectivity index (χ2v) is 8.48. The van der Waals surface area contributed by atoms with Gasteiger partial charge >= 0.3 is 6.18 Å². The maximum atomic E-state index is 13.5. The van der Waals surface area contributed by atoms with Gasteiger partial charge < -0.3 is 9.80 Å². The van der Waals surface area contributed by atoms with E-state index >= 15 is 0 Å². The Labute approximate surface area is 193 Å². The average Bonchev–Trinajstić information content (AvgIpc) is 2.79. The number of amides is 1. The number of carbonyl (C=O) groups excluding carboxylic acids is 1. The van der Waals surface area contributed by atoms with Crippen LogP contribution in [0.15, 0.2) is 47.3 Å². The Bertz CT molecular complexity index is 1270. The number of fused-ring (bicyclic) bond motifs is 1. The third kappa shape index (κ3) is 4.42. The number of benzene rings is 2. The molecule has 0 radical (unpaired) electrons. The number of nitrogens with zero attached hydrogens (tertiary/aromatic N) is 4. The standard InChI is InChI=1S/C23H22ClF3N4O2/c1-14-7-8-16(24)13-19(14)29-9-11-30(12-10-29)21(32)15(2)31-18-6-4-3-5-17(18)28-20(22(31)33)23(25,26)27/h3-8,13,15H,9-12H2,1-2H3/t15-/m1/s1. The Balaban J connectivity index is 1.61. The van der Waals surface area contributed by atoms with Gasteiger partial charge in [-0.3, -0.25) is 14.2 Å². The molecule has 1 aromatic heterocycles. The summed E-state index contributed by atoms with van der Waals surface area (Å²) >= 11 is 6.12. The lowest BCUT2D eigenvalue weighted by Crippen LogP contribution is -2.51. The predicted octanol–water partition coefficient (Wildman–Crippen LogP) is 4.29. The Morgan fingerprint density at radius 1 is 1.09 bits per heavy atom. The molecule has 2 heterocycles. The fraction of sp³-hybridized carbons (Fsp3) is 0.348. The lowest BCUT2D eigenvalue weighted by atomic mass is 10.1. The number of aromatic nitrogens is 2. The van der Waals surface area contributed by atoms with Crippen molar-refractivity contribution in [1.82, 2.24) is 14.5 Å². The molecule has 1 amide bonds. The summed E-state index contributed by atoms with van der Waals surface area (Å²) in [6, 6.07) is 10.5. The van der Waals surface area contributed by atoms with E-state index in [2.05, 4.69) is 9.88 Å². The van der Waals surface area contributed by atoms with Crippen LogP contribution in [0.5, 0.6) is 0 Å². The number of hydrogen-bond donors (Lipinski definition) is 0. The molecule has 4 rings (SSSR count). The third-order valence-corrected chi connectivity index (χ3v) is 6.15. The van der Waals surface area contributed by atoms with Crippen LogP contribution in [0.1, 0.15) is 24.2 Å². The number of halogens is 4. The minimum atomic E-state index is -4.92. The van der Waals surface area contributed by atoms with Crippen molar-refractivity contribution >= 4 is 34.2 Å². The van der Waals surface area contributed by atoms with E-state index in [4.69, 9.17) is 11.6 Å². The molecule has 2 aromatic carbocycles. The molecular weight excluding hydrogens is 457 g/mol. The van der Waals surface area contributed by atoms with Gasteiger partial charge in [0.2, 0.25) is 11.6 Å². The van der Waals surface area contributed by atoms with Crippen LogP contribution in [0.4, 0.5) is 18.9 Å². The molecule has 1 atom stereocenters. The molecule has 33 heavy (non-hydrogen) atoms. The lowest BCUT2D eigenvalue weighted by molar-refractivity contribution is -0.143. The number of para-hydroxylation sites is 2. The normalized spacial score (nSPS) is 15.7. The summed E-state index contributed by atoms with van der Waals surface area (Å²) in [5.41, 5.74) is -0.622. The van der Waals surface area contributed by atoms with E-state index in [1.54, 1.807) is 11.0 Å². The van der Waals surface area contributed by atoms with E-state index in [1.807, 2.05) is 25.1 Å². The number of alkyl halides is 3. The fourth-order valence-corrected chi connectivity index (χ4v) is 4.36. The Morgan fingerprint density at radius 3 is 2.42 bits per heavy atom. The van der Waals surface area contributed by atoms with E-state index in [9.17, 15) is 22.8 Å². The maximum Gasteiger partial charge on any atom is 0.438 e. The highest BCUT2D eigenvalue weighted by Crippen LogP contribution is 2.28. The van der Waals surface area contributed by atoms with Crippen LogP contribution in [0.2, 0.25) is 5.02 Å². The summed E-state index contributed by atoms with van der Waals surface area (Å²) in [5.74, 6) is -0.413. The number of hydrogen-bond acceptors (Lipinski definition) is 4. The molecule has 10 heteroatoms. The molecule has 0 spiro atoms. The number of anilines is 1. The topological polar surface area (TPSA) is 58.4 Å². The summed E-state index contributed by atoms with van der Waals surface area (Å²) in [6.45, 7) is 5.26. The van der Waals surface area contributed by atoms with Gasteiger partial charge in [0.05, 0.1) is 11.0 Å². The van der Waals surface area contributed by atoms with E-state index in [-0.39, 0.29) is 11.0 Å².